The summed E-state index contributed by atoms with van der Waals surface area (Å²) in [7, 11) is 0. The molecule has 4 nitrogen and oxygen atoms in total. The number of ether oxygens (including phenoxy) is 1. The first-order chi connectivity index (χ1) is 10.3. The molecule has 4 heteroatoms. The lowest BCUT2D eigenvalue weighted by molar-refractivity contribution is -0.122. The number of aryl methyl sites for hydroxylation is 1. The minimum atomic E-state index is 0.193. The number of benzene rings is 1. The lowest BCUT2D eigenvalue weighted by atomic mass is 9.92. The van der Waals surface area contributed by atoms with Gasteiger partial charge in [0.1, 0.15) is 0 Å². The summed E-state index contributed by atoms with van der Waals surface area (Å²) in [4.78, 5) is 12.4. The molecule has 4 atom stereocenters. The molecule has 4 rings (SSSR count). The second kappa shape index (κ2) is 5.43. The Kier molecular flexibility index (Phi) is 3.43. The van der Waals surface area contributed by atoms with Gasteiger partial charge in [0.15, 0.2) is 0 Å². The van der Waals surface area contributed by atoms with Crippen LogP contribution in [0.15, 0.2) is 24.3 Å². The summed E-state index contributed by atoms with van der Waals surface area (Å²) in [5, 5.41) is 6.49. The zero-order valence-corrected chi connectivity index (χ0v) is 12.2. The molecule has 1 aliphatic heterocycles. The van der Waals surface area contributed by atoms with Gasteiger partial charge < -0.3 is 15.4 Å². The van der Waals surface area contributed by atoms with E-state index in [1.54, 1.807) is 0 Å². The van der Waals surface area contributed by atoms with Crippen LogP contribution in [0.2, 0.25) is 0 Å². The average molecular weight is 286 g/mol. The molecular weight excluding hydrogens is 264 g/mol. The minimum absolute atomic E-state index is 0.193. The Hall–Kier alpha value is -1.39. The van der Waals surface area contributed by atoms with Gasteiger partial charge in [0.05, 0.1) is 13.2 Å². The van der Waals surface area contributed by atoms with Crippen molar-refractivity contribution < 1.29 is 9.53 Å². The summed E-state index contributed by atoms with van der Waals surface area (Å²) < 4.78 is 5.42. The standard InChI is InChI=1S/C17H22N2O2/c20-17(19-9-12-10-21-8-7-18-12)16-14-6-5-11-3-1-2-4-13(11)15(14)16/h1-4,12,14-16,18H,5-10H2,(H,19,20). The zero-order chi connectivity index (χ0) is 14.2. The lowest BCUT2D eigenvalue weighted by Gasteiger charge is -2.23. The van der Waals surface area contributed by atoms with Gasteiger partial charge in [-0.25, -0.2) is 0 Å². The summed E-state index contributed by atoms with van der Waals surface area (Å²) in [6, 6.07) is 8.87. The first-order valence-corrected chi connectivity index (χ1v) is 8.01. The minimum Gasteiger partial charge on any atom is -0.378 e. The van der Waals surface area contributed by atoms with Gasteiger partial charge in [-0.1, -0.05) is 24.3 Å². The molecule has 112 valence electrons. The van der Waals surface area contributed by atoms with E-state index in [-0.39, 0.29) is 17.9 Å². The molecule has 4 unspecified atom stereocenters. The van der Waals surface area contributed by atoms with Crippen LogP contribution in [0.5, 0.6) is 0 Å². The van der Waals surface area contributed by atoms with E-state index in [0.717, 1.165) is 26.0 Å². The summed E-state index contributed by atoms with van der Waals surface area (Å²) in [6.07, 6.45) is 2.28. The van der Waals surface area contributed by atoms with Gasteiger partial charge >= 0.3 is 0 Å². The van der Waals surface area contributed by atoms with Gasteiger partial charge in [-0.3, -0.25) is 4.79 Å². The maximum Gasteiger partial charge on any atom is 0.224 e. The Balaban J connectivity index is 1.37. The molecule has 21 heavy (non-hydrogen) atoms. The lowest BCUT2D eigenvalue weighted by Crippen LogP contribution is -2.48. The Bertz CT molecular complexity index is 539. The van der Waals surface area contributed by atoms with Crippen molar-refractivity contribution in [3.05, 3.63) is 35.4 Å². The first kappa shape index (κ1) is 13.3. The summed E-state index contributed by atoms with van der Waals surface area (Å²) in [5.41, 5.74) is 2.85. The van der Waals surface area contributed by atoms with Gasteiger partial charge in [-0.05, 0) is 35.8 Å². The second-order valence-corrected chi connectivity index (χ2v) is 6.42. The third kappa shape index (κ3) is 2.47. The zero-order valence-electron chi connectivity index (χ0n) is 12.2. The Morgan fingerprint density at radius 3 is 3.14 bits per heavy atom. The largest absolute Gasteiger partial charge is 0.378 e. The van der Waals surface area contributed by atoms with Crippen molar-refractivity contribution in [2.24, 2.45) is 11.8 Å². The summed E-state index contributed by atoms with van der Waals surface area (Å²) >= 11 is 0. The average Bonchev–Trinajstić information content (AvgIpc) is 3.29. The number of hydrogen-bond acceptors (Lipinski definition) is 3. The van der Waals surface area contributed by atoms with Gasteiger partial charge in [0, 0.05) is 25.0 Å². The predicted molar refractivity (Wildman–Crippen MR) is 80.1 cm³/mol. The van der Waals surface area contributed by atoms with Crippen molar-refractivity contribution in [2.45, 2.75) is 24.8 Å². The van der Waals surface area contributed by atoms with Crippen LogP contribution in [0.4, 0.5) is 0 Å². The maximum atomic E-state index is 12.4. The highest BCUT2D eigenvalue weighted by molar-refractivity contribution is 5.84. The molecule has 2 N–H and O–H groups in total. The van der Waals surface area contributed by atoms with Crippen molar-refractivity contribution >= 4 is 5.91 Å². The van der Waals surface area contributed by atoms with Gasteiger partial charge in [-0.2, -0.15) is 0 Å². The highest BCUT2D eigenvalue weighted by Crippen LogP contribution is 2.59. The molecule has 2 fully saturated rings. The van der Waals surface area contributed by atoms with Gasteiger partial charge in [-0.15, -0.1) is 0 Å². The van der Waals surface area contributed by atoms with Gasteiger partial charge in [0.2, 0.25) is 5.91 Å². The van der Waals surface area contributed by atoms with Crippen molar-refractivity contribution in [2.75, 3.05) is 26.3 Å². The second-order valence-electron chi connectivity index (χ2n) is 6.42. The number of carbonyl (C=O) groups is 1. The number of amides is 1. The molecule has 1 heterocycles. The Morgan fingerprint density at radius 1 is 1.38 bits per heavy atom. The van der Waals surface area contributed by atoms with Crippen molar-refractivity contribution in [3.63, 3.8) is 0 Å². The number of fused-ring (bicyclic) bond motifs is 3. The molecule has 0 bridgehead atoms. The molecular formula is C17H22N2O2. The van der Waals surface area contributed by atoms with Crippen LogP contribution in [-0.4, -0.2) is 38.3 Å². The van der Waals surface area contributed by atoms with Crippen LogP contribution in [0.25, 0.3) is 0 Å². The molecule has 1 amide bonds. The van der Waals surface area contributed by atoms with E-state index >= 15 is 0 Å². The maximum absolute atomic E-state index is 12.4. The fourth-order valence-electron chi connectivity index (χ4n) is 4.02. The van der Waals surface area contributed by atoms with Crippen molar-refractivity contribution in [1.82, 2.24) is 10.6 Å². The summed E-state index contributed by atoms with van der Waals surface area (Å²) in [6.45, 7) is 3.02. The third-order valence-electron chi connectivity index (χ3n) is 5.15. The van der Waals surface area contributed by atoms with E-state index in [0.29, 0.717) is 25.0 Å². The van der Waals surface area contributed by atoms with E-state index in [1.165, 1.54) is 11.1 Å². The molecule has 1 aromatic rings. The molecule has 1 saturated carbocycles. The van der Waals surface area contributed by atoms with Crippen LogP contribution in [-0.2, 0) is 16.0 Å². The number of hydrogen-bond donors (Lipinski definition) is 2. The first-order valence-electron chi connectivity index (χ1n) is 8.01. The quantitative estimate of drug-likeness (QED) is 0.874. The van der Waals surface area contributed by atoms with E-state index in [2.05, 4.69) is 34.9 Å². The fourth-order valence-corrected chi connectivity index (χ4v) is 4.02. The number of nitrogens with one attached hydrogen (secondary N) is 2. The van der Waals surface area contributed by atoms with Crippen LogP contribution in [0.3, 0.4) is 0 Å². The van der Waals surface area contributed by atoms with E-state index in [1.807, 2.05) is 0 Å². The van der Waals surface area contributed by atoms with E-state index < -0.39 is 0 Å². The topological polar surface area (TPSA) is 50.4 Å². The summed E-state index contributed by atoms with van der Waals surface area (Å²) in [5.74, 6) is 1.45. The Morgan fingerprint density at radius 2 is 2.29 bits per heavy atom. The molecule has 0 radical (unpaired) electrons. The molecule has 0 aromatic heterocycles. The molecule has 3 aliphatic rings. The highest BCUT2D eigenvalue weighted by atomic mass is 16.5. The molecule has 1 aromatic carbocycles. The van der Waals surface area contributed by atoms with E-state index in [4.69, 9.17) is 4.74 Å². The smallest absolute Gasteiger partial charge is 0.224 e. The monoisotopic (exact) mass is 286 g/mol. The van der Waals surface area contributed by atoms with Crippen molar-refractivity contribution in [3.8, 4) is 0 Å². The number of carbonyl (C=O) groups excluding carboxylic acids is 1. The normalized spacial score (nSPS) is 33.7. The number of morpholine rings is 1. The third-order valence-corrected chi connectivity index (χ3v) is 5.15. The van der Waals surface area contributed by atoms with Crippen LogP contribution >= 0.6 is 0 Å². The highest BCUT2D eigenvalue weighted by Gasteiger charge is 2.56. The fraction of sp³-hybridized carbons (Fsp3) is 0.588. The molecule has 1 saturated heterocycles. The molecule has 0 spiro atoms. The van der Waals surface area contributed by atoms with Crippen LogP contribution in [0.1, 0.15) is 23.5 Å². The predicted octanol–water partition coefficient (Wildman–Crippen LogP) is 1.07. The van der Waals surface area contributed by atoms with Crippen LogP contribution in [0, 0.1) is 11.8 Å². The Labute approximate surface area is 125 Å². The molecule has 2 aliphatic carbocycles. The van der Waals surface area contributed by atoms with Gasteiger partial charge in [0.25, 0.3) is 0 Å². The van der Waals surface area contributed by atoms with Crippen LogP contribution < -0.4 is 10.6 Å². The van der Waals surface area contributed by atoms with Crippen molar-refractivity contribution in [1.29, 1.82) is 0 Å². The number of rotatable bonds is 3. The van der Waals surface area contributed by atoms with E-state index in [9.17, 15) is 4.79 Å². The SMILES string of the molecule is O=C(NCC1COCCN1)C1C2CCc3ccccc3C21.